The van der Waals surface area contributed by atoms with Gasteiger partial charge in [0.25, 0.3) is 11.8 Å². The summed E-state index contributed by atoms with van der Waals surface area (Å²) < 4.78 is 14.2. The molecule has 1 aromatic rings. The third-order valence-corrected chi connectivity index (χ3v) is 3.73. The molecule has 4 nitrogen and oxygen atoms in total. The third kappa shape index (κ3) is 2.84. The number of nitrogens with zero attached hydrogens (tertiary/aromatic N) is 1. The summed E-state index contributed by atoms with van der Waals surface area (Å²) in [5, 5.41) is 3.09. The molecule has 1 fully saturated rings. The molecular weight excluding hydrogens is 295 g/mol. The van der Waals surface area contributed by atoms with Crippen molar-refractivity contribution in [2.24, 2.45) is 0 Å². The zero-order chi connectivity index (χ0) is 14.1. The molecule has 2 heterocycles. The highest BCUT2D eigenvalue weighted by Gasteiger charge is 2.35. The second kappa shape index (κ2) is 6.37. The number of fused-ring (bicyclic) bond motifs is 1. The van der Waals surface area contributed by atoms with Gasteiger partial charge in [0.2, 0.25) is 0 Å². The lowest BCUT2D eigenvalue weighted by molar-refractivity contribution is 0.0659. The highest BCUT2D eigenvalue weighted by molar-refractivity contribution is 6.21. The summed E-state index contributed by atoms with van der Waals surface area (Å²) >= 11 is 0. The Morgan fingerprint density at radius 1 is 1.19 bits per heavy atom. The Kier molecular flexibility index (Phi) is 4.75. The Morgan fingerprint density at radius 2 is 1.81 bits per heavy atom. The minimum Gasteiger partial charge on any atom is -0.313 e. The van der Waals surface area contributed by atoms with Crippen molar-refractivity contribution in [3.63, 3.8) is 0 Å². The number of hydrogen-bond acceptors (Lipinski definition) is 3. The molecule has 0 saturated carbocycles. The van der Waals surface area contributed by atoms with Crippen molar-refractivity contribution in [3.8, 4) is 0 Å². The van der Waals surface area contributed by atoms with Crippen molar-refractivity contribution in [3.05, 3.63) is 46.8 Å². The number of nitrogens with one attached hydrogen (secondary N) is 1. The Morgan fingerprint density at radius 3 is 2.33 bits per heavy atom. The van der Waals surface area contributed by atoms with Crippen LogP contribution in [0.2, 0.25) is 0 Å². The first kappa shape index (κ1) is 15.7. The molecule has 112 valence electrons. The summed E-state index contributed by atoms with van der Waals surface area (Å²) in [4.78, 5) is 25.2. The van der Waals surface area contributed by atoms with Crippen molar-refractivity contribution in [1.82, 2.24) is 10.2 Å². The van der Waals surface area contributed by atoms with Crippen molar-refractivity contribution in [1.29, 1.82) is 0 Å². The molecule has 0 aromatic heterocycles. The molecule has 3 rings (SSSR count). The molecule has 0 atom stereocenters. The lowest BCUT2D eigenvalue weighted by Gasteiger charge is -2.19. The van der Waals surface area contributed by atoms with E-state index in [1.165, 1.54) is 0 Å². The van der Waals surface area contributed by atoms with Gasteiger partial charge in [0, 0.05) is 6.54 Å². The largest absolute Gasteiger partial charge is 0.313 e. The topological polar surface area (TPSA) is 49.4 Å². The van der Waals surface area contributed by atoms with Gasteiger partial charge in [-0.15, -0.1) is 12.4 Å². The summed E-state index contributed by atoms with van der Waals surface area (Å²) in [7, 11) is 0. The SMILES string of the molecule is Cl.O=C1c2ccccc2C(=O)N1CC(F)=C1CCCNC1. The lowest BCUT2D eigenvalue weighted by Crippen LogP contribution is -2.32. The van der Waals surface area contributed by atoms with Gasteiger partial charge in [0.15, 0.2) is 0 Å². The fraction of sp³-hybridized carbons (Fsp3) is 0.333. The van der Waals surface area contributed by atoms with Crippen LogP contribution in [0.3, 0.4) is 0 Å². The molecule has 1 N–H and O–H groups in total. The molecular formula is C15H16ClFN2O2. The maximum absolute atomic E-state index is 14.2. The van der Waals surface area contributed by atoms with Gasteiger partial charge in [-0.2, -0.15) is 0 Å². The van der Waals surface area contributed by atoms with Gasteiger partial charge in [-0.05, 0) is 37.1 Å². The van der Waals surface area contributed by atoms with Crippen LogP contribution in [0, 0.1) is 0 Å². The number of piperidine rings is 1. The first-order valence-electron chi connectivity index (χ1n) is 6.71. The molecule has 2 aliphatic rings. The number of benzene rings is 1. The first-order valence-corrected chi connectivity index (χ1v) is 6.71. The Balaban J connectivity index is 0.00000161. The minimum atomic E-state index is -0.412. The summed E-state index contributed by atoms with van der Waals surface area (Å²) in [5.41, 5.74) is 1.38. The van der Waals surface area contributed by atoms with Crippen LogP contribution in [0.1, 0.15) is 33.6 Å². The first-order chi connectivity index (χ1) is 9.68. The van der Waals surface area contributed by atoms with E-state index in [1.807, 2.05) is 0 Å². The summed E-state index contributed by atoms with van der Waals surface area (Å²) in [5.74, 6) is -1.19. The number of imide groups is 1. The summed E-state index contributed by atoms with van der Waals surface area (Å²) in [6.45, 7) is 1.11. The zero-order valence-electron chi connectivity index (χ0n) is 11.4. The molecule has 21 heavy (non-hydrogen) atoms. The van der Waals surface area contributed by atoms with E-state index in [9.17, 15) is 14.0 Å². The Hall–Kier alpha value is -1.72. The molecule has 0 unspecified atom stereocenters. The highest BCUT2D eigenvalue weighted by atomic mass is 35.5. The number of amides is 2. The van der Waals surface area contributed by atoms with Crippen LogP contribution in [0.25, 0.3) is 0 Å². The van der Waals surface area contributed by atoms with E-state index >= 15 is 0 Å². The van der Waals surface area contributed by atoms with Gasteiger partial charge in [0.1, 0.15) is 5.83 Å². The molecule has 6 heteroatoms. The van der Waals surface area contributed by atoms with Gasteiger partial charge in [-0.3, -0.25) is 14.5 Å². The van der Waals surface area contributed by atoms with Crippen molar-refractivity contribution >= 4 is 24.2 Å². The standard InChI is InChI=1S/C15H15FN2O2.ClH/c16-13(10-4-3-7-17-8-10)9-18-14(19)11-5-1-2-6-12(11)15(18)20;/h1-2,5-6,17H,3-4,7-9H2;1H. The van der Waals surface area contributed by atoms with Gasteiger partial charge in [-0.25, -0.2) is 4.39 Å². The Bertz CT molecular complexity index is 572. The molecule has 2 aliphatic heterocycles. The summed E-state index contributed by atoms with van der Waals surface area (Å²) in [6, 6.07) is 6.60. The van der Waals surface area contributed by atoms with E-state index in [4.69, 9.17) is 0 Å². The number of carbonyl (C=O) groups excluding carboxylic acids is 2. The minimum absolute atomic E-state index is 0. The average molecular weight is 311 g/mol. The second-order valence-corrected chi connectivity index (χ2v) is 5.03. The fourth-order valence-electron chi connectivity index (χ4n) is 2.62. The number of halogens is 2. The normalized spacial score (nSPS) is 20.1. The van der Waals surface area contributed by atoms with Crippen molar-refractivity contribution in [2.45, 2.75) is 12.8 Å². The molecule has 0 aliphatic carbocycles. The molecule has 0 radical (unpaired) electrons. The third-order valence-electron chi connectivity index (χ3n) is 3.73. The second-order valence-electron chi connectivity index (χ2n) is 5.03. The predicted molar refractivity (Wildman–Crippen MR) is 79.3 cm³/mol. The molecule has 0 bridgehead atoms. The molecule has 2 amide bonds. The molecule has 1 saturated heterocycles. The van der Waals surface area contributed by atoms with Gasteiger partial charge in [0.05, 0.1) is 17.7 Å². The maximum atomic E-state index is 14.2. The lowest BCUT2D eigenvalue weighted by atomic mass is 10.1. The predicted octanol–water partition coefficient (Wildman–Crippen LogP) is 2.31. The smallest absolute Gasteiger partial charge is 0.261 e. The van der Waals surface area contributed by atoms with E-state index in [0.29, 0.717) is 29.7 Å². The van der Waals surface area contributed by atoms with Gasteiger partial charge < -0.3 is 5.32 Å². The van der Waals surface area contributed by atoms with Crippen LogP contribution >= 0.6 is 12.4 Å². The number of carbonyl (C=O) groups is 2. The van der Waals surface area contributed by atoms with E-state index in [1.54, 1.807) is 24.3 Å². The van der Waals surface area contributed by atoms with Crippen LogP contribution in [0.4, 0.5) is 4.39 Å². The number of rotatable bonds is 2. The Labute approximate surface area is 128 Å². The van der Waals surface area contributed by atoms with Crippen molar-refractivity contribution in [2.75, 3.05) is 19.6 Å². The maximum Gasteiger partial charge on any atom is 0.261 e. The van der Waals surface area contributed by atoms with Crippen LogP contribution in [0.15, 0.2) is 35.7 Å². The molecule has 0 spiro atoms. The van der Waals surface area contributed by atoms with E-state index in [2.05, 4.69) is 5.32 Å². The van der Waals surface area contributed by atoms with Crippen LogP contribution < -0.4 is 5.32 Å². The van der Waals surface area contributed by atoms with Crippen molar-refractivity contribution < 1.29 is 14.0 Å². The van der Waals surface area contributed by atoms with Gasteiger partial charge in [-0.1, -0.05) is 12.1 Å². The zero-order valence-corrected chi connectivity index (χ0v) is 12.2. The number of hydrogen-bond donors (Lipinski definition) is 1. The fourth-order valence-corrected chi connectivity index (χ4v) is 2.62. The monoisotopic (exact) mass is 310 g/mol. The van der Waals surface area contributed by atoms with E-state index in [0.717, 1.165) is 17.9 Å². The quantitative estimate of drug-likeness (QED) is 0.853. The summed E-state index contributed by atoms with van der Waals surface area (Å²) in [6.07, 6.45) is 1.56. The molecule has 1 aromatic carbocycles. The van der Waals surface area contributed by atoms with E-state index < -0.39 is 11.8 Å². The average Bonchev–Trinajstić information content (AvgIpc) is 2.74. The van der Waals surface area contributed by atoms with Crippen LogP contribution in [-0.2, 0) is 0 Å². The van der Waals surface area contributed by atoms with Crippen LogP contribution in [0.5, 0.6) is 0 Å². The van der Waals surface area contributed by atoms with Crippen LogP contribution in [-0.4, -0.2) is 36.3 Å². The van der Waals surface area contributed by atoms with Gasteiger partial charge >= 0.3 is 0 Å². The highest BCUT2D eigenvalue weighted by Crippen LogP contribution is 2.25. The van der Waals surface area contributed by atoms with E-state index in [-0.39, 0.29) is 24.8 Å².